The number of hydrogen-bond acceptors (Lipinski definition) is 2. The molecule has 0 bridgehead atoms. The van der Waals surface area contributed by atoms with Crippen molar-refractivity contribution in [3.8, 4) is 0 Å². The average molecular weight is 269 g/mol. The van der Waals surface area contributed by atoms with Gasteiger partial charge >= 0.3 is 0 Å². The van der Waals surface area contributed by atoms with Crippen molar-refractivity contribution in [2.75, 3.05) is 0 Å². The number of nitrogens with one attached hydrogen (secondary N) is 2. The van der Waals surface area contributed by atoms with E-state index in [0.717, 1.165) is 29.2 Å². The van der Waals surface area contributed by atoms with Crippen molar-refractivity contribution < 1.29 is 4.79 Å². The summed E-state index contributed by atoms with van der Waals surface area (Å²) in [6.07, 6.45) is 3.74. The minimum atomic E-state index is -0.0599. The van der Waals surface area contributed by atoms with Gasteiger partial charge in [0, 0.05) is 5.92 Å². The van der Waals surface area contributed by atoms with Crippen LogP contribution in [0.1, 0.15) is 38.1 Å². The van der Waals surface area contributed by atoms with Crippen LogP contribution in [0.25, 0.3) is 11.0 Å². The van der Waals surface area contributed by atoms with Crippen molar-refractivity contribution >= 4 is 16.9 Å². The Hall–Kier alpha value is -1.84. The summed E-state index contributed by atoms with van der Waals surface area (Å²) in [5.74, 6) is 2.80. The summed E-state index contributed by atoms with van der Waals surface area (Å²) in [7, 11) is 0. The largest absolute Gasteiger partial charge is 0.346 e. The van der Waals surface area contributed by atoms with Crippen LogP contribution in [0, 0.1) is 17.8 Å². The fraction of sp³-hybridized carbons (Fsp3) is 0.500. The van der Waals surface area contributed by atoms with Gasteiger partial charge in [-0.25, -0.2) is 4.98 Å². The molecule has 1 amide bonds. The number of rotatable bonds is 4. The molecule has 0 aliphatic heterocycles. The van der Waals surface area contributed by atoms with Crippen LogP contribution in [0.2, 0.25) is 0 Å². The fourth-order valence-corrected chi connectivity index (χ4v) is 3.13. The first-order valence-corrected chi connectivity index (χ1v) is 7.47. The van der Waals surface area contributed by atoms with Gasteiger partial charge in [-0.05, 0) is 50.2 Å². The number of fused-ring (bicyclic) bond motifs is 1. The molecule has 2 saturated carbocycles. The highest BCUT2D eigenvalue weighted by atomic mass is 16.2. The maximum Gasteiger partial charge on any atom is 0.223 e. The Morgan fingerprint density at radius 2 is 2.20 bits per heavy atom. The standard InChI is InChI=1S/C16H19N3O/c1-9(15-18-13-4-2-3-5-14(13)19-15)17-16(20)12-8-11(12)10-6-7-10/h2-5,9-12H,6-8H2,1H3,(H,17,20)(H,18,19)/t9-,11-,12-/m0/s1. The molecule has 1 aromatic heterocycles. The van der Waals surface area contributed by atoms with Crippen LogP contribution in [0.15, 0.2) is 24.3 Å². The summed E-state index contributed by atoms with van der Waals surface area (Å²) in [4.78, 5) is 20.0. The molecular weight excluding hydrogens is 250 g/mol. The van der Waals surface area contributed by atoms with Crippen LogP contribution in [0.4, 0.5) is 0 Å². The Kier molecular flexibility index (Phi) is 2.59. The highest BCUT2D eigenvalue weighted by Gasteiger charge is 2.51. The lowest BCUT2D eigenvalue weighted by molar-refractivity contribution is -0.123. The van der Waals surface area contributed by atoms with E-state index in [1.807, 2.05) is 31.2 Å². The van der Waals surface area contributed by atoms with E-state index < -0.39 is 0 Å². The van der Waals surface area contributed by atoms with Crippen molar-refractivity contribution in [2.45, 2.75) is 32.2 Å². The molecule has 2 aromatic rings. The molecule has 1 heterocycles. The molecule has 4 heteroatoms. The maximum absolute atomic E-state index is 12.2. The fourth-order valence-electron chi connectivity index (χ4n) is 3.13. The second-order valence-electron chi connectivity index (χ2n) is 6.21. The van der Waals surface area contributed by atoms with Crippen LogP contribution < -0.4 is 5.32 Å². The molecule has 2 aliphatic rings. The van der Waals surface area contributed by atoms with E-state index in [1.54, 1.807) is 0 Å². The molecule has 0 unspecified atom stereocenters. The summed E-state index contributed by atoms with van der Waals surface area (Å²) in [5, 5.41) is 3.10. The molecule has 4 rings (SSSR count). The lowest BCUT2D eigenvalue weighted by Gasteiger charge is -2.11. The van der Waals surface area contributed by atoms with E-state index in [2.05, 4.69) is 15.3 Å². The van der Waals surface area contributed by atoms with Crippen molar-refractivity contribution in [3.05, 3.63) is 30.1 Å². The quantitative estimate of drug-likeness (QED) is 0.896. The predicted molar refractivity (Wildman–Crippen MR) is 77.0 cm³/mol. The van der Waals surface area contributed by atoms with Crippen molar-refractivity contribution in [3.63, 3.8) is 0 Å². The van der Waals surface area contributed by atoms with Gasteiger partial charge in [-0.1, -0.05) is 12.1 Å². The number of para-hydroxylation sites is 2. The summed E-state index contributed by atoms with van der Waals surface area (Å²) in [5.41, 5.74) is 1.97. The van der Waals surface area contributed by atoms with Crippen molar-refractivity contribution in [1.29, 1.82) is 0 Å². The Labute approximate surface area is 118 Å². The molecule has 0 saturated heterocycles. The van der Waals surface area contributed by atoms with Gasteiger partial charge in [0.1, 0.15) is 5.82 Å². The highest BCUT2D eigenvalue weighted by Crippen LogP contribution is 2.54. The molecular formula is C16H19N3O. The predicted octanol–water partition coefficient (Wildman–Crippen LogP) is 2.79. The number of imidazole rings is 1. The van der Waals surface area contributed by atoms with Gasteiger partial charge in [0.05, 0.1) is 17.1 Å². The second-order valence-corrected chi connectivity index (χ2v) is 6.21. The number of carbonyl (C=O) groups is 1. The van der Waals surface area contributed by atoms with Crippen molar-refractivity contribution in [2.24, 2.45) is 17.8 Å². The van der Waals surface area contributed by atoms with Crippen LogP contribution in [0.3, 0.4) is 0 Å². The number of hydrogen-bond donors (Lipinski definition) is 2. The number of nitrogens with zero attached hydrogens (tertiary/aromatic N) is 1. The summed E-state index contributed by atoms with van der Waals surface area (Å²) in [6, 6.07) is 7.88. The minimum absolute atomic E-state index is 0.0599. The topological polar surface area (TPSA) is 57.8 Å². The van der Waals surface area contributed by atoms with Gasteiger partial charge in [0.15, 0.2) is 0 Å². The van der Waals surface area contributed by atoms with E-state index >= 15 is 0 Å². The summed E-state index contributed by atoms with van der Waals surface area (Å²) >= 11 is 0. The smallest absolute Gasteiger partial charge is 0.223 e. The van der Waals surface area contributed by atoms with Crippen LogP contribution in [-0.2, 0) is 4.79 Å². The Morgan fingerprint density at radius 3 is 2.95 bits per heavy atom. The van der Waals surface area contributed by atoms with E-state index in [9.17, 15) is 4.79 Å². The van der Waals surface area contributed by atoms with Gasteiger partial charge in [-0.3, -0.25) is 4.79 Å². The number of aromatic amines is 1. The zero-order valence-electron chi connectivity index (χ0n) is 11.6. The van der Waals surface area contributed by atoms with Gasteiger partial charge < -0.3 is 10.3 Å². The van der Waals surface area contributed by atoms with E-state index in [-0.39, 0.29) is 17.9 Å². The van der Waals surface area contributed by atoms with E-state index in [0.29, 0.717) is 5.92 Å². The zero-order chi connectivity index (χ0) is 13.7. The number of H-pyrrole nitrogens is 1. The molecule has 2 N–H and O–H groups in total. The number of benzene rings is 1. The highest BCUT2D eigenvalue weighted by molar-refractivity contribution is 5.82. The number of amides is 1. The monoisotopic (exact) mass is 269 g/mol. The third-order valence-corrected chi connectivity index (χ3v) is 4.58. The first-order valence-electron chi connectivity index (χ1n) is 7.47. The lowest BCUT2D eigenvalue weighted by Crippen LogP contribution is -2.29. The molecule has 2 aliphatic carbocycles. The normalized spacial score (nSPS) is 26.4. The van der Waals surface area contributed by atoms with Crippen LogP contribution >= 0.6 is 0 Å². The number of carbonyl (C=O) groups excluding carboxylic acids is 1. The average Bonchev–Trinajstić information content (AvgIpc) is 3.31. The third kappa shape index (κ3) is 2.09. The molecule has 20 heavy (non-hydrogen) atoms. The Bertz CT molecular complexity index is 626. The SMILES string of the molecule is C[C@H](NC(=O)[C@H]1C[C@H]1C1CC1)c1nc2ccccc2[nH]1. The summed E-state index contributed by atoms with van der Waals surface area (Å²) < 4.78 is 0. The van der Waals surface area contributed by atoms with Crippen molar-refractivity contribution in [1.82, 2.24) is 15.3 Å². The van der Waals surface area contributed by atoms with Gasteiger partial charge in [-0.15, -0.1) is 0 Å². The van der Waals surface area contributed by atoms with Crippen LogP contribution in [0.5, 0.6) is 0 Å². The Balaban J connectivity index is 1.44. The first kappa shape index (κ1) is 11.9. The molecule has 0 radical (unpaired) electrons. The number of aromatic nitrogens is 2. The lowest BCUT2D eigenvalue weighted by atomic mass is 10.2. The van der Waals surface area contributed by atoms with Gasteiger partial charge in [0.25, 0.3) is 0 Å². The molecule has 0 spiro atoms. The Morgan fingerprint density at radius 1 is 1.40 bits per heavy atom. The maximum atomic E-state index is 12.2. The summed E-state index contributed by atoms with van der Waals surface area (Å²) in [6.45, 7) is 1.99. The van der Waals surface area contributed by atoms with E-state index in [1.165, 1.54) is 12.8 Å². The first-order chi connectivity index (χ1) is 9.72. The van der Waals surface area contributed by atoms with Gasteiger partial charge in [-0.2, -0.15) is 0 Å². The zero-order valence-corrected chi connectivity index (χ0v) is 11.6. The molecule has 2 fully saturated rings. The molecule has 104 valence electrons. The molecule has 1 aromatic carbocycles. The minimum Gasteiger partial charge on any atom is -0.346 e. The second kappa shape index (κ2) is 4.33. The molecule has 3 atom stereocenters. The third-order valence-electron chi connectivity index (χ3n) is 4.58. The molecule has 4 nitrogen and oxygen atoms in total. The van der Waals surface area contributed by atoms with E-state index in [4.69, 9.17) is 0 Å². The van der Waals surface area contributed by atoms with Gasteiger partial charge in [0.2, 0.25) is 5.91 Å². The van der Waals surface area contributed by atoms with Crippen LogP contribution in [-0.4, -0.2) is 15.9 Å².